The normalized spacial score (nSPS) is 19.3. The molecule has 0 unspecified atom stereocenters. The number of esters is 1. The molecule has 154 valence electrons. The average molecular weight is 477 g/mol. The highest BCUT2D eigenvalue weighted by molar-refractivity contribution is 9.10. The van der Waals surface area contributed by atoms with Crippen LogP contribution in [0.1, 0.15) is 30.0 Å². The molecule has 2 aromatic heterocycles. The van der Waals surface area contributed by atoms with Gasteiger partial charge in [-0.05, 0) is 47.5 Å². The third kappa shape index (κ3) is 2.44. The highest BCUT2D eigenvalue weighted by atomic mass is 79.9. The van der Waals surface area contributed by atoms with Crippen molar-refractivity contribution < 1.29 is 14.6 Å². The van der Waals surface area contributed by atoms with Crippen LogP contribution in [0.5, 0.6) is 0 Å². The number of hydrogen-bond acceptors (Lipinski definition) is 5. The first kappa shape index (κ1) is 18.7. The fourth-order valence-corrected chi connectivity index (χ4v) is 5.11. The number of carbonyl (C=O) groups is 1. The largest absolute Gasteiger partial charge is 0.458 e. The summed E-state index contributed by atoms with van der Waals surface area (Å²) in [5.74, 6) is -0.714. The Morgan fingerprint density at radius 3 is 2.77 bits per heavy atom. The van der Waals surface area contributed by atoms with Gasteiger partial charge in [0.1, 0.15) is 6.61 Å². The molecule has 0 fully saturated rings. The average Bonchev–Trinajstić information content (AvgIpc) is 3.13. The van der Waals surface area contributed by atoms with Gasteiger partial charge in [0.05, 0.1) is 29.0 Å². The summed E-state index contributed by atoms with van der Waals surface area (Å²) in [5.41, 5.74) is 1.70. The first-order valence-corrected chi connectivity index (χ1v) is 10.9. The van der Waals surface area contributed by atoms with Crippen LogP contribution in [0.3, 0.4) is 0 Å². The number of halogens is 1. The second-order valence-electron chi connectivity index (χ2n) is 8.10. The number of rotatable bonds is 1. The molecule has 0 saturated heterocycles. The minimum Gasteiger partial charge on any atom is -0.458 e. The maximum atomic E-state index is 13.3. The first-order valence-electron chi connectivity index (χ1n) is 10.1. The molecule has 1 atom stereocenters. The molecule has 0 amide bonds. The summed E-state index contributed by atoms with van der Waals surface area (Å²) in [6.45, 7) is 1.97. The van der Waals surface area contributed by atoms with Crippen LogP contribution in [0.4, 0.5) is 0 Å². The molecule has 2 aliphatic rings. The van der Waals surface area contributed by atoms with E-state index in [-0.39, 0.29) is 18.6 Å². The van der Waals surface area contributed by atoms with Gasteiger partial charge in [0, 0.05) is 21.0 Å². The lowest BCUT2D eigenvalue weighted by molar-refractivity contribution is -0.172. The molecule has 4 aromatic rings. The molecule has 2 aliphatic heterocycles. The zero-order valence-corrected chi connectivity index (χ0v) is 18.2. The van der Waals surface area contributed by atoms with E-state index in [0.717, 1.165) is 31.7 Å². The summed E-state index contributed by atoms with van der Waals surface area (Å²) in [4.78, 5) is 30.4. The molecule has 0 bridgehead atoms. The number of nitrogens with zero attached hydrogens (tertiary/aromatic N) is 2. The van der Waals surface area contributed by atoms with E-state index >= 15 is 0 Å². The molecule has 7 heteroatoms. The predicted molar refractivity (Wildman–Crippen MR) is 120 cm³/mol. The summed E-state index contributed by atoms with van der Waals surface area (Å²) < 4.78 is 7.77. The number of pyridine rings is 2. The van der Waals surface area contributed by atoms with Crippen molar-refractivity contribution in [1.82, 2.24) is 9.55 Å². The number of carbonyl (C=O) groups excluding carboxylic acids is 1. The van der Waals surface area contributed by atoms with Gasteiger partial charge in [0.2, 0.25) is 0 Å². The van der Waals surface area contributed by atoms with Gasteiger partial charge in [0.15, 0.2) is 5.60 Å². The number of aliphatic hydroxyl groups is 1. The van der Waals surface area contributed by atoms with Gasteiger partial charge in [-0.1, -0.05) is 35.0 Å². The highest BCUT2D eigenvalue weighted by Crippen LogP contribution is 2.39. The monoisotopic (exact) mass is 476 g/mol. The topological polar surface area (TPSA) is 81.4 Å². The third-order valence-electron chi connectivity index (χ3n) is 6.47. The van der Waals surface area contributed by atoms with Gasteiger partial charge in [0.25, 0.3) is 5.56 Å². The van der Waals surface area contributed by atoms with Crippen molar-refractivity contribution in [3.05, 3.63) is 74.0 Å². The molecule has 0 radical (unpaired) electrons. The molecule has 31 heavy (non-hydrogen) atoms. The van der Waals surface area contributed by atoms with Gasteiger partial charge in [-0.15, -0.1) is 0 Å². The fourth-order valence-electron chi connectivity index (χ4n) is 4.75. The maximum Gasteiger partial charge on any atom is 0.343 e. The van der Waals surface area contributed by atoms with E-state index in [2.05, 4.69) is 34.1 Å². The third-order valence-corrected chi connectivity index (χ3v) is 6.96. The SMILES string of the molecule is CC[C@@]1(O)C(=O)OCc2c1cc1n(c2=O)Cc2cc3c(ccc4ccc(Br)cc43)nc2-1. The van der Waals surface area contributed by atoms with Crippen molar-refractivity contribution in [2.24, 2.45) is 0 Å². The van der Waals surface area contributed by atoms with Gasteiger partial charge in [-0.3, -0.25) is 4.79 Å². The summed E-state index contributed by atoms with van der Waals surface area (Å²) in [7, 11) is 0. The Hall–Kier alpha value is -3.03. The van der Waals surface area contributed by atoms with E-state index in [1.807, 2.05) is 18.2 Å². The first-order chi connectivity index (χ1) is 14.9. The van der Waals surface area contributed by atoms with Crippen LogP contribution in [-0.2, 0) is 28.3 Å². The quantitative estimate of drug-likeness (QED) is 0.292. The van der Waals surface area contributed by atoms with E-state index in [9.17, 15) is 14.7 Å². The summed E-state index contributed by atoms with van der Waals surface area (Å²) in [6, 6.07) is 14.0. The summed E-state index contributed by atoms with van der Waals surface area (Å²) in [5, 5.41) is 14.2. The lowest BCUT2D eigenvalue weighted by Gasteiger charge is -2.31. The number of ether oxygens (including phenoxy) is 1. The molecular weight excluding hydrogens is 460 g/mol. The van der Waals surface area contributed by atoms with E-state index in [1.54, 1.807) is 17.6 Å². The molecule has 0 spiro atoms. The molecule has 0 saturated carbocycles. The Balaban J connectivity index is 1.63. The highest BCUT2D eigenvalue weighted by Gasteiger charge is 2.45. The molecule has 2 aromatic carbocycles. The Kier molecular flexibility index (Phi) is 3.77. The number of hydrogen-bond donors (Lipinski definition) is 1. The lowest BCUT2D eigenvalue weighted by atomic mass is 9.86. The van der Waals surface area contributed by atoms with E-state index < -0.39 is 11.6 Å². The molecule has 0 aliphatic carbocycles. The number of aromatic nitrogens is 2. The Morgan fingerprint density at radius 2 is 1.97 bits per heavy atom. The molecule has 6 rings (SSSR count). The van der Waals surface area contributed by atoms with Gasteiger partial charge < -0.3 is 14.4 Å². The molecular formula is C24H17BrN2O4. The fraction of sp³-hybridized carbons (Fsp3) is 0.208. The van der Waals surface area contributed by atoms with Crippen LogP contribution in [0.15, 0.2) is 51.7 Å². The van der Waals surface area contributed by atoms with E-state index in [4.69, 9.17) is 9.72 Å². The molecule has 1 N–H and O–H groups in total. The van der Waals surface area contributed by atoms with Gasteiger partial charge in [-0.2, -0.15) is 0 Å². The van der Waals surface area contributed by atoms with Crippen molar-refractivity contribution in [3.63, 3.8) is 0 Å². The van der Waals surface area contributed by atoms with Crippen LogP contribution in [0, 0.1) is 0 Å². The number of fused-ring (bicyclic) bond motifs is 7. The van der Waals surface area contributed by atoms with Crippen molar-refractivity contribution in [1.29, 1.82) is 0 Å². The van der Waals surface area contributed by atoms with E-state index in [0.29, 0.717) is 29.1 Å². The van der Waals surface area contributed by atoms with Crippen LogP contribution in [0.2, 0.25) is 0 Å². The Labute approximate surface area is 185 Å². The second kappa shape index (κ2) is 6.24. The lowest BCUT2D eigenvalue weighted by Crippen LogP contribution is -2.44. The Bertz CT molecular complexity index is 1520. The van der Waals surface area contributed by atoms with Crippen LogP contribution >= 0.6 is 15.9 Å². The van der Waals surface area contributed by atoms with Crippen LogP contribution < -0.4 is 5.56 Å². The van der Waals surface area contributed by atoms with Crippen LogP contribution in [0.25, 0.3) is 33.1 Å². The zero-order valence-electron chi connectivity index (χ0n) is 16.6. The van der Waals surface area contributed by atoms with E-state index in [1.165, 1.54) is 0 Å². The van der Waals surface area contributed by atoms with Crippen molar-refractivity contribution in [2.45, 2.75) is 32.1 Å². The minimum atomic E-state index is -1.82. The Morgan fingerprint density at radius 1 is 1.16 bits per heavy atom. The van der Waals surface area contributed by atoms with Crippen LogP contribution in [-0.4, -0.2) is 20.6 Å². The van der Waals surface area contributed by atoms with Crippen molar-refractivity contribution in [3.8, 4) is 11.4 Å². The predicted octanol–water partition coefficient (Wildman–Crippen LogP) is 4.00. The van der Waals surface area contributed by atoms with Gasteiger partial charge in [-0.25, -0.2) is 9.78 Å². The number of cyclic esters (lactones) is 1. The van der Waals surface area contributed by atoms with Gasteiger partial charge >= 0.3 is 5.97 Å². The van der Waals surface area contributed by atoms with Crippen molar-refractivity contribution >= 4 is 43.6 Å². The summed E-state index contributed by atoms with van der Waals surface area (Å²) >= 11 is 3.54. The molecule has 6 nitrogen and oxygen atoms in total. The minimum absolute atomic E-state index is 0.125. The smallest absolute Gasteiger partial charge is 0.343 e. The standard InChI is InChI=1S/C24H17BrN2O4/c1-2-24(30)18-9-20-21-13(10-27(20)22(28)17(18)11-31-23(24)29)7-16-15-8-14(25)5-3-12(15)4-6-19(16)26-21/h3-9,30H,2,10-11H2,1H3/t24-/m0/s1. The van der Waals surface area contributed by atoms with Crippen molar-refractivity contribution in [2.75, 3.05) is 0 Å². The second-order valence-corrected chi connectivity index (χ2v) is 9.01. The maximum absolute atomic E-state index is 13.3. The number of benzene rings is 2. The summed E-state index contributed by atoms with van der Waals surface area (Å²) in [6.07, 6.45) is 0.126. The molecule has 4 heterocycles. The zero-order chi connectivity index (χ0) is 21.5.